The van der Waals surface area contributed by atoms with Crippen molar-refractivity contribution in [3.05, 3.63) is 24.3 Å². The van der Waals surface area contributed by atoms with Crippen LogP contribution in [0.2, 0.25) is 0 Å². The maximum absolute atomic E-state index is 11.7. The number of benzene rings is 1. The van der Waals surface area contributed by atoms with Gasteiger partial charge < -0.3 is 20.4 Å². The molecule has 0 saturated carbocycles. The van der Waals surface area contributed by atoms with Crippen LogP contribution in [0.15, 0.2) is 24.3 Å². The molecular weight excluding hydrogens is 240 g/mol. The molecule has 2 N–H and O–H groups in total. The van der Waals surface area contributed by atoms with Crippen LogP contribution < -0.4 is 15.5 Å². The van der Waals surface area contributed by atoms with E-state index in [1.165, 1.54) is 5.69 Å². The van der Waals surface area contributed by atoms with E-state index in [4.69, 9.17) is 0 Å². The van der Waals surface area contributed by atoms with Crippen LogP contribution in [0.5, 0.6) is 0 Å². The van der Waals surface area contributed by atoms with Gasteiger partial charge in [0.25, 0.3) is 0 Å². The highest BCUT2D eigenvalue weighted by Crippen LogP contribution is 2.18. The van der Waals surface area contributed by atoms with Crippen molar-refractivity contribution in [2.24, 2.45) is 0 Å². The van der Waals surface area contributed by atoms with Gasteiger partial charge in [0.2, 0.25) is 0 Å². The molecule has 1 aliphatic heterocycles. The van der Waals surface area contributed by atoms with E-state index in [2.05, 4.69) is 27.7 Å². The van der Waals surface area contributed by atoms with Gasteiger partial charge in [-0.1, -0.05) is 0 Å². The van der Waals surface area contributed by atoms with Crippen molar-refractivity contribution in [2.75, 3.05) is 50.0 Å². The SMILES string of the molecule is CCN(C)C(=O)Nc1ccc(N2CCNCC2)cc1. The summed E-state index contributed by atoms with van der Waals surface area (Å²) < 4.78 is 0. The van der Waals surface area contributed by atoms with Gasteiger partial charge in [0.15, 0.2) is 0 Å². The molecule has 2 rings (SSSR count). The highest BCUT2D eigenvalue weighted by atomic mass is 16.2. The molecule has 0 aliphatic carbocycles. The van der Waals surface area contributed by atoms with Gasteiger partial charge in [0, 0.05) is 51.1 Å². The normalized spacial score (nSPS) is 15.2. The summed E-state index contributed by atoms with van der Waals surface area (Å²) in [7, 11) is 1.78. The first-order valence-corrected chi connectivity index (χ1v) is 6.78. The molecule has 1 aliphatic rings. The standard InChI is InChI=1S/C14H22N4O/c1-3-17(2)14(19)16-12-4-6-13(7-5-12)18-10-8-15-9-11-18/h4-7,15H,3,8-11H2,1-2H3,(H,16,19). The number of nitrogens with one attached hydrogen (secondary N) is 2. The van der Waals surface area contributed by atoms with Crippen molar-refractivity contribution in [1.82, 2.24) is 10.2 Å². The third-order valence-corrected chi connectivity index (χ3v) is 3.42. The van der Waals surface area contributed by atoms with E-state index >= 15 is 0 Å². The van der Waals surface area contributed by atoms with Crippen LogP contribution >= 0.6 is 0 Å². The Morgan fingerprint density at radius 3 is 2.53 bits per heavy atom. The highest BCUT2D eigenvalue weighted by molar-refractivity contribution is 5.89. The fraction of sp³-hybridized carbons (Fsp3) is 0.500. The fourth-order valence-corrected chi connectivity index (χ4v) is 2.04. The second kappa shape index (κ2) is 6.43. The van der Waals surface area contributed by atoms with Gasteiger partial charge in [-0.25, -0.2) is 4.79 Å². The average molecular weight is 262 g/mol. The van der Waals surface area contributed by atoms with Gasteiger partial charge in [-0.15, -0.1) is 0 Å². The largest absolute Gasteiger partial charge is 0.369 e. The lowest BCUT2D eigenvalue weighted by molar-refractivity contribution is 0.224. The predicted molar refractivity (Wildman–Crippen MR) is 78.8 cm³/mol. The molecule has 5 nitrogen and oxygen atoms in total. The molecule has 5 heteroatoms. The van der Waals surface area contributed by atoms with Crippen LogP contribution in [0, 0.1) is 0 Å². The Morgan fingerprint density at radius 2 is 1.95 bits per heavy atom. The zero-order valence-corrected chi connectivity index (χ0v) is 11.6. The van der Waals surface area contributed by atoms with Crippen molar-refractivity contribution < 1.29 is 4.79 Å². The Morgan fingerprint density at radius 1 is 1.32 bits per heavy atom. The topological polar surface area (TPSA) is 47.6 Å². The van der Waals surface area contributed by atoms with Crippen LogP contribution in [0.1, 0.15) is 6.92 Å². The third-order valence-electron chi connectivity index (χ3n) is 3.42. The Balaban J connectivity index is 1.96. The smallest absolute Gasteiger partial charge is 0.321 e. The van der Waals surface area contributed by atoms with Crippen molar-refractivity contribution >= 4 is 17.4 Å². The number of amides is 2. The first-order chi connectivity index (χ1) is 9.20. The molecule has 1 heterocycles. The average Bonchev–Trinajstić information content (AvgIpc) is 2.48. The summed E-state index contributed by atoms with van der Waals surface area (Å²) >= 11 is 0. The van der Waals surface area contributed by atoms with E-state index in [0.29, 0.717) is 6.54 Å². The fourth-order valence-electron chi connectivity index (χ4n) is 2.04. The number of carbonyl (C=O) groups excluding carboxylic acids is 1. The predicted octanol–water partition coefficient (Wildman–Crippen LogP) is 1.58. The molecule has 1 aromatic rings. The lowest BCUT2D eigenvalue weighted by Gasteiger charge is -2.29. The van der Waals surface area contributed by atoms with Crippen LogP contribution in [-0.2, 0) is 0 Å². The van der Waals surface area contributed by atoms with Gasteiger partial charge in [0.1, 0.15) is 0 Å². The Kier molecular flexibility index (Phi) is 4.63. The molecule has 19 heavy (non-hydrogen) atoms. The zero-order valence-electron chi connectivity index (χ0n) is 11.6. The molecule has 0 radical (unpaired) electrons. The molecular formula is C14H22N4O. The third kappa shape index (κ3) is 3.61. The molecule has 2 amide bonds. The van der Waals surface area contributed by atoms with E-state index < -0.39 is 0 Å². The molecule has 1 saturated heterocycles. The van der Waals surface area contributed by atoms with Gasteiger partial charge in [-0.05, 0) is 31.2 Å². The summed E-state index contributed by atoms with van der Waals surface area (Å²) in [4.78, 5) is 15.7. The van der Waals surface area contributed by atoms with Crippen LogP contribution in [-0.4, -0.2) is 50.7 Å². The molecule has 104 valence electrons. The molecule has 0 bridgehead atoms. The first-order valence-electron chi connectivity index (χ1n) is 6.78. The number of anilines is 2. The minimum atomic E-state index is -0.0718. The van der Waals surface area contributed by atoms with E-state index in [0.717, 1.165) is 31.9 Å². The Hall–Kier alpha value is -1.75. The van der Waals surface area contributed by atoms with Gasteiger partial charge in [-0.2, -0.15) is 0 Å². The lowest BCUT2D eigenvalue weighted by Crippen LogP contribution is -2.43. The minimum absolute atomic E-state index is 0.0718. The molecule has 1 aromatic carbocycles. The number of urea groups is 1. The molecule has 1 fully saturated rings. The summed E-state index contributed by atoms with van der Waals surface area (Å²) in [5, 5.41) is 6.22. The summed E-state index contributed by atoms with van der Waals surface area (Å²) in [5.74, 6) is 0. The Bertz CT molecular complexity index is 412. The first kappa shape index (κ1) is 13.7. The van der Waals surface area contributed by atoms with E-state index in [9.17, 15) is 4.79 Å². The number of piperazine rings is 1. The lowest BCUT2D eigenvalue weighted by atomic mass is 10.2. The summed E-state index contributed by atoms with van der Waals surface area (Å²) in [6.45, 7) is 6.77. The highest BCUT2D eigenvalue weighted by Gasteiger charge is 2.11. The van der Waals surface area contributed by atoms with E-state index in [1.807, 2.05) is 19.1 Å². The number of hydrogen-bond donors (Lipinski definition) is 2. The summed E-state index contributed by atoms with van der Waals surface area (Å²) in [6.07, 6.45) is 0. The molecule has 0 aromatic heterocycles. The number of hydrogen-bond acceptors (Lipinski definition) is 3. The number of carbonyl (C=O) groups is 1. The van der Waals surface area contributed by atoms with E-state index in [-0.39, 0.29) is 6.03 Å². The quantitative estimate of drug-likeness (QED) is 0.869. The Labute approximate surface area is 114 Å². The van der Waals surface area contributed by atoms with E-state index in [1.54, 1.807) is 11.9 Å². The summed E-state index contributed by atoms with van der Waals surface area (Å²) in [6, 6.07) is 7.97. The number of nitrogens with zero attached hydrogens (tertiary/aromatic N) is 2. The molecule has 0 spiro atoms. The van der Waals surface area contributed by atoms with Crippen LogP contribution in [0.3, 0.4) is 0 Å². The van der Waals surface area contributed by atoms with Gasteiger partial charge >= 0.3 is 6.03 Å². The molecule has 0 atom stereocenters. The van der Waals surface area contributed by atoms with Crippen molar-refractivity contribution in [3.63, 3.8) is 0 Å². The second-order valence-electron chi connectivity index (χ2n) is 4.73. The van der Waals surface area contributed by atoms with Crippen molar-refractivity contribution in [2.45, 2.75) is 6.92 Å². The maximum Gasteiger partial charge on any atom is 0.321 e. The van der Waals surface area contributed by atoms with Crippen LogP contribution in [0.4, 0.5) is 16.2 Å². The monoisotopic (exact) mass is 262 g/mol. The van der Waals surface area contributed by atoms with Crippen LogP contribution in [0.25, 0.3) is 0 Å². The second-order valence-corrected chi connectivity index (χ2v) is 4.73. The summed E-state index contributed by atoms with van der Waals surface area (Å²) in [5.41, 5.74) is 2.05. The van der Waals surface area contributed by atoms with Gasteiger partial charge in [-0.3, -0.25) is 0 Å². The minimum Gasteiger partial charge on any atom is -0.369 e. The maximum atomic E-state index is 11.7. The molecule has 0 unspecified atom stereocenters. The number of rotatable bonds is 3. The van der Waals surface area contributed by atoms with Gasteiger partial charge in [0.05, 0.1) is 0 Å². The van der Waals surface area contributed by atoms with Crippen molar-refractivity contribution in [3.8, 4) is 0 Å². The zero-order chi connectivity index (χ0) is 13.7. The van der Waals surface area contributed by atoms with Crippen molar-refractivity contribution in [1.29, 1.82) is 0 Å².